The molecule has 0 N–H and O–H groups in total. The van der Waals surface area contributed by atoms with E-state index in [1.165, 1.54) is 13.2 Å². The Morgan fingerprint density at radius 2 is 1.71 bits per heavy atom. The fraction of sp³-hybridized carbons (Fsp3) is 0.0667. The Labute approximate surface area is 99.9 Å². The Hall–Kier alpha value is -2.27. The van der Waals surface area contributed by atoms with Crippen molar-refractivity contribution in [2.45, 2.75) is 0 Å². The number of benzene rings is 2. The third-order valence-corrected chi connectivity index (χ3v) is 2.54. The number of halogens is 1. The Morgan fingerprint density at radius 3 is 2.24 bits per heavy atom. The molecule has 0 amide bonds. The summed E-state index contributed by atoms with van der Waals surface area (Å²) in [6, 6.07) is 12.3. The lowest BCUT2D eigenvalue weighted by Gasteiger charge is -2.05. The van der Waals surface area contributed by atoms with E-state index in [0.29, 0.717) is 0 Å². The summed E-state index contributed by atoms with van der Waals surface area (Å²) in [6.45, 7) is 0. The number of rotatable bonds is 2. The number of hydrogen-bond donors (Lipinski definition) is 0. The summed E-state index contributed by atoms with van der Waals surface area (Å²) in [6.07, 6.45) is 5.27. The maximum absolute atomic E-state index is 13.5. The fourth-order valence-corrected chi connectivity index (χ4v) is 1.60. The highest BCUT2D eigenvalue weighted by atomic mass is 19.1. The van der Waals surface area contributed by atoms with Crippen LogP contribution in [0.25, 0.3) is 11.1 Å². The van der Waals surface area contributed by atoms with E-state index in [0.717, 1.165) is 16.7 Å². The third-order valence-electron chi connectivity index (χ3n) is 2.54. The minimum atomic E-state index is -0.369. The van der Waals surface area contributed by atoms with Crippen LogP contribution >= 0.6 is 0 Å². The van der Waals surface area contributed by atoms with Crippen LogP contribution in [0, 0.1) is 18.2 Å². The zero-order valence-corrected chi connectivity index (χ0v) is 9.41. The lowest BCUT2D eigenvalue weighted by Crippen LogP contribution is -1.88. The average molecular weight is 226 g/mol. The summed E-state index contributed by atoms with van der Waals surface area (Å²) in [5.74, 6) is 2.42. The SMILES string of the molecule is C#Cc1ccc(-c2ccc(OC)c(F)c2)cc1. The molecule has 0 unspecified atom stereocenters. The summed E-state index contributed by atoms with van der Waals surface area (Å²) in [7, 11) is 1.44. The zero-order valence-electron chi connectivity index (χ0n) is 9.41. The van der Waals surface area contributed by atoms with Gasteiger partial charge in [0.2, 0.25) is 0 Å². The molecule has 0 saturated heterocycles. The van der Waals surface area contributed by atoms with Gasteiger partial charge in [0.1, 0.15) is 0 Å². The van der Waals surface area contributed by atoms with Gasteiger partial charge in [-0.25, -0.2) is 4.39 Å². The highest BCUT2D eigenvalue weighted by Crippen LogP contribution is 2.25. The quantitative estimate of drug-likeness (QED) is 0.712. The molecule has 0 fully saturated rings. The van der Waals surface area contributed by atoms with Crippen LogP contribution < -0.4 is 4.74 Å². The fourth-order valence-electron chi connectivity index (χ4n) is 1.60. The minimum absolute atomic E-state index is 0.244. The normalized spacial score (nSPS) is 9.71. The maximum atomic E-state index is 13.5. The van der Waals surface area contributed by atoms with Crippen molar-refractivity contribution in [1.82, 2.24) is 0 Å². The first-order valence-electron chi connectivity index (χ1n) is 5.15. The van der Waals surface area contributed by atoms with E-state index in [-0.39, 0.29) is 11.6 Å². The van der Waals surface area contributed by atoms with Crippen LogP contribution in [0.1, 0.15) is 5.56 Å². The van der Waals surface area contributed by atoms with E-state index in [9.17, 15) is 4.39 Å². The Balaban J connectivity index is 2.40. The molecule has 0 radical (unpaired) electrons. The first-order valence-corrected chi connectivity index (χ1v) is 5.15. The summed E-state index contributed by atoms with van der Waals surface area (Å²) in [5, 5.41) is 0. The van der Waals surface area contributed by atoms with Gasteiger partial charge in [-0.3, -0.25) is 0 Å². The second kappa shape index (κ2) is 4.71. The van der Waals surface area contributed by atoms with Gasteiger partial charge < -0.3 is 4.74 Å². The van der Waals surface area contributed by atoms with Crippen LogP contribution in [0.4, 0.5) is 4.39 Å². The predicted molar refractivity (Wildman–Crippen MR) is 66.3 cm³/mol. The molecule has 2 aromatic rings. The van der Waals surface area contributed by atoms with Crippen LogP contribution in [0.2, 0.25) is 0 Å². The average Bonchev–Trinajstić information content (AvgIpc) is 2.39. The highest BCUT2D eigenvalue weighted by Gasteiger charge is 2.04. The van der Waals surface area contributed by atoms with Crippen molar-refractivity contribution < 1.29 is 9.13 Å². The molecule has 17 heavy (non-hydrogen) atoms. The number of ether oxygens (including phenoxy) is 1. The summed E-state index contributed by atoms with van der Waals surface area (Å²) >= 11 is 0. The molecule has 0 saturated carbocycles. The minimum Gasteiger partial charge on any atom is -0.494 e. The van der Waals surface area contributed by atoms with Gasteiger partial charge in [0.25, 0.3) is 0 Å². The molecule has 1 nitrogen and oxygen atoms in total. The van der Waals surface area contributed by atoms with Gasteiger partial charge in [-0.2, -0.15) is 0 Å². The second-order valence-electron chi connectivity index (χ2n) is 3.57. The van der Waals surface area contributed by atoms with Crippen molar-refractivity contribution in [3.8, 4) is 29.2 Å². The van der Waals surface area contributed by atoms with Gasteiger partial charge >= 0.3 is 0 Å². The molecule has 0 heterocycles. The van der Waals surface area contributed by atoms with Crippen LogP contribution in [-0.2, 0) is 0 Å². The maximum Gasteiger partial charge on any atom is 0.165 e. The molecule has 0 aromatic heterocycles. The molecule has 0 aliphatic carbocycles. The van der Waals surface area contributed by atoms with Crippen LogP contribution in [0.15, 0.2) is 42.5 Å². The Morgan fingerprint density at radius 1 is 1.06 bits per heavy atom. The lowest BCUT2D eigenvalue weighted by atomic mass is 10.0. The molecule has 0 aliphatic rings. The molecule has 2 aromatic carbocycles. The first kappa shape index (κ1) is 11.2. The van der Waals surface area contributed by atoms with Gasteiger partial charge in [-0.15, -0.1) is 6.42 Å². The van der Waals surface area contributed by atoms with Gasteiger partial charge in [0.15, 0.2) is 11.6 Å². The summed E-state index contributed by atoms with van der Waals surface area (Å²) in [4.78, 5) is 0. The van der Waals surface area contributed by atoms with E-state index in [2.05, 4.69) is 5.92 Å². The molecule has 0 aliphatic heterocycles. The van der Waals surface area contributed by atoms with Crippen molar-refractivity contribution in [2.75, 3.05) is 7.11 Å². The van der Waals surface area contributed by atoms with E-state index >= 15 is 0 Å². The molecule has 84 valence electrons. The number of hydrogen-bond acceptors (Lipinski definition) is 1. The highest BCUT2D eigenvalue weighted by molar-refractivity contribution is 5.65. The van der Waals surface area contributed by atoms with Crippen molar-refractivity contribution >= 4 is 0 Å². The monoisotopic (exact) mass is 226 g/mol. The third kappa shape index (κ3) is 2.29. The molecule has 0 spiro atoms. The van der Waals surface area contributed by atoms with Crippen LogP contribution in [0.5, 0.6) is 5.75 Å². The summed E-state index contributed by atoms with van der Waals surface area (Å²) < 4.78 is 18.4. The van der Waals surface area contributed by atoms with Gasteiger partial charge in [0.05, 0.1) is 7.11 Å². The first-order chi connectivity index (χ1) is 8.24. The standard InChI is InChI=1S/C15H11FO/c1-3-11-4-6-12(7-5-11)13-8-9-15(17-2)14(16)10-13/h1,4-10H,2H3. The molecule has 2 heteroatoms. The Kier molecular flexibility index (Phi) is 3.11. The van der Waals surface area contributed by atoms with E-state index in [4.69, 9.17) is 11.2 Å². The van der Waals surface area contributed by atoms with Crippen molar-refractivity contribution in [3.05, 3.63) is 53.8 Å². The molecular formula is C15H11FO. The van der Waals surface area contributed by atoms with Crippen LogP contribution in [-0.4, -0.2) is 7.11 Å². The van der Waals surface area contributed by atoms with Gasteiger partial charge in [0, 0.05) is 5.56 Å². The van der Waals surface area contributed by atoms with E-state index < -0.39 is 0 Å². The molecule has 2 rings (SSSR count). The number of terminal acetylenes is 1. The zero-order chi connectivity index (χ0) is 12.3. The second-order valence-corrected chi connectivity index (χ2v) is 3.57. The lowest BCUT2D eigenvalue weighted by molar-refractivity contribution is 0.386. The molecule has 0 atom stereocenters. The van der Waals surface area contributed by atoms with E-state index in [1.54, 1.807) is 6.07 Å². The molecular weight excluding hydrogens is 215 g/mol. The van der Waals surface area contributed by atoms with Crippen molar-refractivity contribution in [2.24, 2.45) is 0 Å². The largest absolute Gasteiger partial charge is 0.494 e. The number of methoxy groups -OCH3 is 1. The van der Waals surface area contributed by atoms with Crippen molar-refractivity contribution in [3.63, 3.8) is 0 Å². The molecule has 0 bridgehead atoms. The van der Waals surface area contributed by atoms with E-state index in [1.807, 2.05) is 30.3 Å². The predicted octanol–water partition coefficient (Wildman–Crippen LogP) is 3.48. The van der Waals surface area contributed by atoms with Crippen LogP contribution in [0.3, 0.4) is 0 Å². The van der Waals surface area contributed by atoms with Crippen molar-refractivity contribution in [1.29, 1.82) is 0 Å². The summed E-state index contributed by atoms with van der Waals surface area (Å²) in [5.41, 5.74) is 2.53. The Bertz CT molecular complexity index is 564. The van der Waals surface area contributed by atoms with Gasteiger partial charge in [-0.1, -0.05) is 24.1 Å². The topological polar surface area (TPSA) is 9.23 Å². The van der Waals surface area contributed by atoms with Gasteiger partial charge in [-0.05, 0) is 35.4 Å². The smallest absolute Gasteiger partial charge is 0.165 e.